The van der Waals surface area contributed by atoms with Gasteiger partial charge in [-0.05, 0) is 33.2 Å². The van der Waals surface area contributed by atoms with Gasteiger partial charge in [-0.3, -0.25) is 9.69 Å². The van der Waals surface area contributed by atoms with Crippen LogP contribution in [0.25, 0.3) is 0 Å². The van der Waals surface area contributed by atoms with Crippen LogP contribution in [-0.4, -0.2) is 42.0 Å². The van der Waals surface area contributed by atoms with E-state index < -0.39 is 0 Å². The SMILES string of the molecule is CCN(CC(=O)NC(C)C)C(CC)(CC)CN. The lowest BCUT2D eigenvalue weighted by Gasteiger charge is -2.41. The van der Waals surface area contributed by atoms with Gasteiger partial charge in [0.2, 0.25) is 5.91 Å². The third kappa shape index (κ3) is 4.64. The van der Waals surface area contributed by atoms with Crippen LogP contribution >= 0.6 is 0 Å². The van der Waals surface area contributed by atoms with Gasteiger partial charge in [0.15, 0.2) is 0 Å². The number of amides is 1. The van der Waals surface area contributed by atoms with Crippen molar-refractivity contribution in [3.8, 4) is 0 Å². The molecule has 0 saturated heterocycles. The molecule has 0 heterocycles. The van der Waals surface area contributed by atoms with Crippen LogP contribution in [0.2, 0.25) is 0 Å². The number of carbonyl (C=O) groups is 1. The van der Waals surface area contributed by atoms with Crippen LogP contribution in [0.4, 0.5) is 0 Å². The highest BCUT2D eigenvalue weighted by Gasteiger charge is 2.32. The first-order valence-corrected chi connectivity index (χ1v) is 6.70. The molecule has 0 bridgehead atoms. The van der Waals surface area contributed by atoms with Crippen molar-refractivity contribution in [2.24, 2.45) is 5.73 Å². The Hall–Kier alpha value is -0.610. The summed E-state index contributed by atoms with van der Waals surface area (Å²) >= 11 is 0. The Labute approximate surface area is 106 Å². The molecule has 3 N–H and O–H groups in total. The Morgan fingerprint density at radius 3 is 2.12 bits per heavy atom. The van der Waals surface area contributed by atoms with Gasteiger partial charge < -0.3 is 11.1 Å². The highest BCUT2D eigenvalue weighted by molar-refractivity contribution is 5.78. The zero-order chi connectivity index (χ0) is 13.5. The number of rotatable bonds is 8. The van der Waals surface area contributed by atoms with Crippen LogP contribution in [0.1, 0.15) is 47.5 Å². The van der Waals surface area contributed by atoms with E-state index in [1.165, 1.54) is 0 Å². The Morgan fingerprint density at radius 1 is 1.29 bits per heavy atom. The predicted octanol–water partition coefficient (Wildman–Crippen LogP) is 1.35. The first kappa shape index (κ1) is 16.4. The molecule has 0 aliphatic heterocycles. The molecular formula is C13H29N3O. The molecule has 17 heavy (non-hydrogen) atoms. The fourth-order valence-corrected chi connectivity index (χ4v) is 2.27. The third-order valence-corrected chi connectivity index (χ3v) is 3.53. The first-order valence-electron chi connectivity index (χ1n) is 6.70. The normalized spacial score (nSPS) is 12.2. The van der Waals surface area contributed by atoms with E-state index in [2.05, 4.69) is 31.0 Å². The van der Waals surface area contributed by atoms with Crippen LogP contribution in [0.3, 0.4) is 0 Å². The Kier molecular flexibility index (Phi) is 7.39. The molecule has 0 saturated carbocycles. The minimum absolute atomic E-state index is 0.0386. The second-order valence-corrected chi connectivity index (χ2v) is 4.87. The highest BCUT2D eigenvalue weighted by Crippen LogP contribution is 2.22. The summed E-state index contributed by atoms with van der Waals surface area (Å²) in [4.78, 5) is 14.0. The average molecular weight is 243 g/mol. The number of carbonyl (C=O) groups excluding carboxylic acids is 1. The van der Waals surface area contributed by atoms with Gasteiger partial charge in [0, 0.05) is 18.1 Å². The Balaban J connectivity index is 4.64. The van der Waals surface area contributed by atoms with Crippen molar-refractivity contribution in [1.29, 1.82) is 0 Å². The quantitative estimate of drug-likeness (QED) is 0.676. The number of nitrogens with two attached hydrogens (primary N) is 1. The largest absolute Gasteiger partial charge is 0.353 e. The number of hydrogen-bond acceptors (Lipinski definition) is 3. The van der Waals surface area contributed by atoms with Gasteiger partial charge >= 0.3 is 0 Å². The highest BCUT2D eigenvalue weighted by atomic mass is 16.2. The summed E-state index contributed by atoms with van der Waals surface area (Å²) in [5.41, 5.74) is 5.87. The van der Waals surface area contributed by atoms with Crippen LogP contribution in [0.5, 0.6) is 0 Å². The maximum absolute atomic E-state index is 11.8. The van der Waals surface area contributed by atoms with Gasteiger partial charge in [-0.1, -0.05) is 20.8 Å². The van der Waals surface area contributed by atoms with E-state index in [0.717, 1.165) is 19.4 Å². The summed E-state index contributed by atoms with van der Waals surface area (Å²) in [7, 11) is 0. The maximum Gasteiger partial charge on any atom is 0.234 e. The molecule has 4 nitrogen and oxygen atoms in total. The van der Waals surface area contributed by atoms with Crippen molar-refractivity contribution in [2.75, 3.05) is 19.6 Å². The smallest absolute Gasteiger partial charge is 0.234 e. The average Bonchev–Trinajstić information content (AvgIpc) is 2.29. The molecule has 0 atom stereocenters. The molecule has 1 amide bonds. The second kappa shape index (κ2) is 7.67. The number of nitrogens with one attached hydrogen (secondary N) is 1. The summed E-state index contributed by atoms with van der Waals surface area (Å²) in [6.07, 6.45) is 1.95. The lowest BCUT2D eigenvalue weighted by atomic mass is 9.90. The van der Waals surface area contributed by atoms with E-state index in [1.54, 1.807) is 0 Å². The molecule has 0 radical (unpaired) electrons. The van der Waals surface area contributed by atoms with Crippen molar-refractivity contribution in [3.05, 3.63) is 0 Å². The summed E-state index contributed by atoms with van der Waals surface area (Å²) in [6.45, 7) is 12.2. The molecule has 0 unspecified atom stereocenters. The van der Waals surface area contributed by atoms with E-state index >= 15 is 0 Å². The summed E-state index contributed by atoms with van der Waals surface area (Å²) in [6, 6.07) is 0.191. The van der Waals surface area contributed by atoms with E-state index in [-0.39, 0.29) is 17.5 Å². The fourth-order valence-electron chi connectivity index (χ4n) is 2.27. The Bertz CT molecular complexity index is 216. The molecular weight excluding hydrogens is 214 g/mol. The van der Waals surface area contributed by atoms with Crippen molar-refractivity contribution >= 4 is 5.91 Å². The van der Waals surface area contributed by atoms with Gasteiger partial charge in [0.25, 0.3) is 0 Å². The topological polar surface area (TPSA) is 58.4 Å². The minimum atomic E-state index is -0.0386. The van der Waals surface area contributed by atoms with Crippen LogP contribution in [-0.2, 0) is 4.79 Å². The van der Waals surface area contributed by atoms with E-state index in [1.807, 2.05) is 13.8 Å². The fraction of sp³-hybridized carbons (Fsp3) is 0.923. The number of likely N-dealkylation sites (N-methyl/N-ethyl adjacent to an activating group) is 1. The molecule has 0 aromatic carbocycles. The molecule has 0 aliphatic rings. The monoisotopic (exact) mass is 243 g/mol. The zero-order valence-corrected chi connectivity index (χ0v) is 12.0. The molecule has 0 spiro atoms. The van der Waals surface area contributed by atoms with Crippen LogP contribution in [0, 0.1) is 0 Å². The van der Waals surface area contributed by atoms with Crippen molar-refractivity contribution in [2.45, 2.75) is 59.0 Å². The van der Waals surface area contributed by atoms with E-state index in [9.17, 15) is 4.79 Å². The Morgan fingerprint density at radius 2 is 1.82 bits per heavy atom. The molecule has 102 valence electrons. The lowest BCUT2D eigenvalue weighted by Crippen LogP contribution is -2.56. The molecule has 0 rings (SSSR count). The van der Waals surface area contributed by atoms with Gasteiger partial charge in [0.05, 0.1) is 6.54 Å². The summed E-state index contributed by atoms with van der Waals surface area (Å²) in [5.74, 6) is 0.0848. The number of nitrogens with zero attached hydrogens (tertiary/aromatic N) is 1. The standard InChI is InChI=1S/C13H29N3O/c1-6-13(7-2,10-14)16(8-3)9-12(17)15-11(4)5/h11H,6-10,14H2,1-5H3,(H,15,17). The molecule has 0 aromatic heterocycles. The van der Waals surface area contributed by atoms with Gasteiger partial charge in [0.1, 0.15) is 0 Å². The zero-order valence-electron chi connectivity index (χ0n) is 12.0. The maximum atomic E-state index is 11.8. The van der Waals surface area contributed by atoms with E-state index in [4.69, 9.17) is 5.73 Å². The van der Waals surface area contributed by atoms with Crippen LogP contribution < -0.4 is 11.1 Å². The van der Waals surface area contributed by atoms with Crippen molar-refractivity contribution in [1.82, 2.24) is 10.2 Å². The number of hydrogen-bond donors (Lipinski definition) is 2. The van der Waals surface area contributed by atoms with Crippen molar-refractivity contribution in [3.63, 3.8) is 0 Å². The lowest BCUT2D eigenvalue weighted by molar-refractivity contribution is -0.124. The molecule has 0 aliphatic carbocycles. The molecule has 0 aromatic rings. The van der Waals surface area contributed by atoms with Gasteiger partial charge in [-0.25, -0.2) is 0 Å². The molecule has 4 heteroatoms. The van der Waals surface area contributed by atoms with Crippen molar-refractivity contribution < 1.29 is 4.79 Å². The first-order chi connectivity index (χ1) is 7.95. The molecule has 0 fully saturated rings. The van der Waals surface area contributed by atoms with Crippen LogP contribution in [0.15, 0.2) is 0 Å². The summed E-state index contributed by atoms with van der Waals surface area (Å²) < 4.78 is 0. The third-order valence-electron chi connectivity index (χ3n) is 3.53. The predicted molar refractivity (Wildman–Crippen MR) is 72.9 cm³/mol. The van der Waals surface area contributed by atoms with Gasteiger partial charge in [-0.2, -0.15) is 0 Å². The summed E-state index contributed by atoms with van der Waals surface area (Å²) in [5, 5.41) is 2.93. The second-order valence-electron chi connectivity index (χ2n) is 4.87. The van der Waals surface area contributed by atoms with Gasteiger partial charge in [-0.15, -0.1) is 0 Å². The van der Waals surface area contributed by atoms with E-state index in [0.29, 0.717) is 13.1 Å². The minimum Gasteiger partial charge on any atom is -0.353 e.